The van der Waals surface area contributed by atoms with Crippen molar-refractivity contribution in [1.29, 1.82) is 0 Å². The summed E-state index contributed by atoms with van der Waals surface area (Å²) in [6.45, 7) is 8.80. The van der Waals surface area contributed by atoms with E-state index in [1.165, 1.54) is 57.8 Å². The maximum Gasteiger partial charge on any atom is 0.472 e. The van der Waals surface area contributed by atoms with Gasteiger partial charge in [0.2, 0.25) is 0 Å². The van der Waals surface area contributed by atoms with E-state index in [0.717, 1.165) is 51.7 Å². The summed E-state index contributed by atoms with van der Waals surface area (Å²) in [5.74, 6) is 0. The molecule has 0 rings (SSSR count). The maximum atomic E-state index is 11.9. The fraction of sp³-hybridized carbons (Fsp3) is 1.00. The van der Waals surface area contributed by atoms with Crippen LogP contribution in [0, 0.1) is 0 Å². The molecule has 0 amide bonds. The maximum absolute atomic E-state index is 11.9. The molecule has 0 aliphatic carbocycles. The number of unbranched alkanes of at least 4 members (excludes halogenated alkanes) is 11. The predicted octanol–water partition coefficient (Wildman–Crippen LogP) is 5.88. The van der Waals surface area contributed by atoms with Crippen LogP contribution in [0.25, 0.3) is 0 Å². The van der Waals surface area contributed by atoms with Crippen molar-refractivity contribution in [3.8, 4) is 0 Å². The predicted molar refractivity (Wildman–Crippen MR) is 123 cm³/mol. The highest BCUT2D eigenvalue weighted by Crippen LogP contribution is 2.43. The lowest BCUT2D eigenvalue weighted by Gasteiger charge is -2.21. The third-order valence-electron chi connectivity index (χ3n) is 5.15. The second-order valence-corrected chi connectivity index (χ2v) is 9.46. The standard InChI is InChI=1S/C22H49N2O4P/c1-3-5-7-9-10-11-15-21-27-29(25,26)28-22-16-12-14-19-24(20-17-23)18-13-8-6-4-2/h3-23H2,1-2H3,(H,25,26). The zero-order chi connectivity index (χ0) is 21.6. The monoisotopic (exact) mass is 436 g/mol. The van der Waals surface area contributed by atoms with Crippen molar-refractivity contribution in [3.63, 3.8) is 0 Å². The van der Waals surface area contributed by atoms with Gasteiger partial charge in [-0.3, -0.25) is 9.05 Å². The average Bonchev–Trinajstić information content (AvgIpc) is 2.69. The number of phosphoric ester groups is 1. The molecule has 0 saturated heterocycles. The molecule has 7 heteroatoms. The van der Waals surface area contributed by atoms with E-state index >= 15 is 0 Å². The molecule has 0 radical (unpaired) electrons. The molecule has 1 atom stereocenters. The molecule has 0 spiro atoms. The first-order valence-corrected chi connectivity index (χ1v) is 13.6. The van der Waals surface area contributed by atoms with Gasteiger partial charge in [-0.15, -0.1) is 0 Å². The van der Waals surface area contributed by atoms with Gasteiger partial charge < -0.3 is 15.5 Å². The lowest BCUT2D eigenvalue weighted by atomic mass is 10.1. The zero-order valence-electron chi connectivity index (χ0n) is 19.3. The summed E-state index contributed by atoms with van der Waals surface area (Å²) in [5.41, 5.74) is 5.71. The Bertz CT molecular complexity index is 386. The summed E-state index contributed by atoms with van der Waals surface area (Å²) in [7, 11) is -3.89. The SMILES string of the molecule is CCCCCCCCCOP(=O)(O)OCCCCCN(CCN)CCCCCC. The molecule has 0 heterocycles. The molecule has 29 heavy (non-hydrogen) atoms. The van der Waals surface area contributed by atoms with Crippen LogP contribution in [-0.2, 0) is 13.6 Å². The van der Waals surface area contributed by atoms with Crippen molar-refractivity contribution < 1.29 is 18.5 Å². The van der Waals surface area contributed by atoms with Crippen LogP contribution in [0.1, 0.15) is 104 Å². The van der Waals surface area contributed by atoms with E-state index in [9.17, 15) is 9.46 Å². The molecule has 6 nitrogen and oxygen atoms in total. The van der Waals surface area contributed by atoms with Crippen molar-refractivity contribution in [2.24, 2.45) is 5.73 Å². The lowest BCUT2D eigenvalue weighted by Crippen LogP contribution is -2.31. The van der Waals surface area contributed by atoms with Gasteiger partial charge >= 0.3 is 7.82 Å². The van der Waals surface area contributed by atoms with Gasteiger partial charge in [-0.2, -0.15) is 0 Å². The number of phosphoric acid groups is 1. The van der Waals surface area contributed by atoms with Gasteiger partial charge in [-0.1, -0.05) is 71.6 Å². The normalized spacial score (nSPS) is 13.8. The molecular weight excluding hydrogens is 387 g/mol. The Balaban J connectivity index is 3.63. The summed E-state index contributed by atoms with van der Waals surface area (Å²) in [6, 6.07) is 0. The topological polar surface area (TPSA) is 85.0 Å². The van der Waals surface area contributed by atoms with Crippen LogP contribution in [-0.4, -0.2) is 49.2 Å². The molecule has 0 saturated carbocycles. The van der Waals surface area contributed by atoms with Gasteiger partial charge in [0.15, 0.2) is 0 Å². The largest absolute Gasteiger partial charge is 0.472 e. The minimum Gasteiger partial charge on any atom is -0.329 e. The molecule has 0 fully saturated rings. The van der Waals surface area contributed by atoms with Crippen LogP contribution in [0.5, 0.6) is 0 Å². The minimum atomic E-state index is -3.89. The summed E-state index contributed by atoms with van der Waals surface area (Å²) < 4.78 is 22.0. The molecule has 0 aromatic carbocycles. The van der Waals surface area contributed by atoms with Crippen molar-refractivity contribution in [2.45, 2.75) is 104 Å². The minimum absolute atomic E-state index is 0.276. The third kappa shape index (κ3) is 21.1. The van der Waals surface area contributed by atoms with Gasteiger partial charge in [0, 0.05) is 13.1 Å². The average molecular weight is 437 g/mol. The number of hydrogen-bond acceptors (Lipinski definition) is 5. The highest BCUT2D eigenvalue weighted by molar-refractivity contribution is 7.47. The smallest absolute Gasteiger partial charge is 0.329 e. The molecule has 0 aromatic rings. The fourth-order valence-corrected chi connectivity index (χ4v) is 4.14. The van der Waals surface area contributed by atoms with Gasteiger partial charge in [0.1, 0.15) is 0 Å². The highest BCUT2D eigenvalue weighted by atomic mass is 31.2. The molecule has 3 N–H and O–H groups in total. The van der Waals surface area contributed by atoms with Crippen molar-refractivity contribution >= 4 is 7.82 Å². The number of hydrogen-bond donors (Lipinski definition) is 2. The quantitative estimate of drug-likeness (QED) is 0.154. The van der Waals surface area contributed by atoms with E-state index in [2.05, 4.69) is 18.7 Å². The summed E-state index contributed by atoms with van der Waals surface area (Å²) in [6.07, 6.45) is 16.0. The van der Waals surface area contributed by atoms with Crippen molar-refractivity contribution in [1.82, 2.24) is 4.90 Å². The van der Waals surface area contributed by atoms with Crippen LogP contribution in [0.15, 0.2) is 0 Å². The molecule has 1 unspecified atom stereocenters. The number of nitrogens with zero attached hydrogens (tertiary/aromatic N) is 1. The number of nitrogens with two attached hydrogens (primary N) is 1. The Morgan fingerprint density at radius 1 is 0.690 bits per heavy atom. The van der Waals surface area contributed by atoms with E-state index in [-0.39, 0.29) is 6.61 Å². The van der Waals surface area contributed by atoms with Crippen LogP contribution < -0.4 is 5.73 Å². The summed E-state index contributed by atoms with van der Waals surface area (Å²) in [4.78, 5) is 12.2. The fourth-order valence-electron chi connectivity index (χ4n) is 3.35. The highest BCUT2D eigenvalue weighted by Gasteiger charge is 2.19. The second kappa shape index (κ2) is 21.3. The Morgan fingerprint density at radius 2 is 1.10 bits per heavy atom. The third-order valence-corrected chi connectivity index (χ3v) is 6.17. The van der Waals surface area contributed by atoms with Crippen LogP contribution >= 0.6 is 7.82 Å². The Labute approximate surface area is 180 Å². The van der Waals surface area contributed by atoms with E-state index < -0.39 is 7.82 Å². The summed E-state index contributed by atoms with van der Waals surface area (Å²) >= 11 is 0. The first-order chi connectivity index (χ1) is 14.1. The lowest BCUT2D eigenvalue weighted by molar-refractivity contribution is 0.144. The van der Waals surface area contributed by atoms with Gasteiger partial charge in [0.05, 0.1) is 13.2 Å². The van der Waals surface area contributed by atoms with Gasteiger partial charge in [0.25, 0.3) is 0 Å². The van der Waals surface area contributed by atoms with Crippen molar-refractivity contribution in [2.75, 3.05) is 39.4 Å². The molecule has 0 aliphatic heterocycles. The Morgan fingerprint density at radius 3 is 1.59 bits per heavy atom. The summed E-state index contributed by atoms with van der Waals surface area (Å²) in [5, 5.41) is 0. The zero-order valence-corrected chi connectivity index (χ0v) is 20.2. The second-order valence-electron chi connectivity index (χ2n) is 8.01. The Kier molecular flexibility index (Phi) is 21.3. The first-order valence-electron chi connectivity index (χ1n) is 12.1. The van der Waals surface area contributed by atoms with E-state index in [1.54, 1.807) is 0 Å². The number of rotatable bonds is 23. The molecule has 0 aromatic heterocycles. The van der Waals surface area contributed by atoms with Gasteiger partial charge in [-0.25, -0.2) is 4.57 Å². The van der Waals surface area contributed by atoms with E-state index in [0.29, 0.717) is 13.2 Å². The van der Waals surface area contributed by atoms with Crippen LogP contribution in [0.2, 0.25) is 0 Å². The molecule has 176 valence electrons. The first kappa shape index (κ1) is 29.0. The Hall–Kier alpha value is 0.0300. The van der Waals surface area contributed by atoms with Crippen molar-refractivity contribution in [3.05, 3.63) is 0 Å². The van der Waals surface area contributed by atoms with Crippen LogP contribution in [0.3, 0.4) is 0 Å². The molecule has 0 bridgehead atoms. The molecular formula is C22H49N2O4P. The van der Waals surface area contributed by atoms with Gasteiger partial charge in [-0.05, 0) is 45.2 Å². The van der Waals surface area contributed by atoms with E-state index in [4.69, 9.17) is 14.8 Å². The molecule has 0 aliphatic rings. The van der Waals surface area contributed by atoms with Crippen LogP contribution in [0.4, 0.5) is 0 Å². The van der Waals surface area contributed by atoms with E-state index in [1.807, 2.05) is 0 Å².